The SMILES string of the molecule is CC(=O)c1cc(C(=O)N(C)CC(C)O)n(C)c1. The average Bonchev–Trinajstić information content (AvgIpc) is 2.58. The fraction of sp³-hybridized carbons (Fsp3) is 0.500. The summed E-state index contributed by atoms with van der Waals surface area (Å²) in [7, 11) is 3.34. The lowest BCUT2D eigenvalue weighted by atomic mass is 10.2. The minimum atomic E-state index is -0.573. The summed E-state index contributed by atoms with van der Waals surface area (Å²) < 4.78 is 1.62. The van der Waals surface area contributed by atoms with Gasteiger partial charge >= 0.3 is 0 Å². The molecular formula is C12H18N2O3. The number of carbonyl (C=O) groups excluding carboxylic acids is 2. The van der Waals surface area contributed by atoms with Crippen LogP contribution in [0.2, 0.25) is 0 Å². The fourth-order valence-electron chi connectivity index (χ4n) is 1.64. The number of hydrogen-bond donors (Lipinski definition) is 1. The minimum absolute atomic E-state index is 0.0715. The monoisotopic (exact) mass is 238 g/mol. The number of amides is 1. The smallest absolute Gasteiger partial charge is 0.270 e. The van der Waals surface area contributed by atoms with Crippen molar-refractivity contribution in [3.8, 4) is 0 Å². The van der Waals surface area contributed by atoms with Crippen molar-refractivity contribution in [2.75, 3.05) is 13.6 Å². The third-order valence-corrected chi connectivity index (χ3v) is 2.52. The highest BCUT2D eigenvalue weighted by molar-refractivity contribution is 5.99. The summed E-state index contributed by atoms with van der Waals surface area (Å²) in [4.78, 5) is 24.7. The quantitative estimate of drug-likeness (QED) is 0.785. The van der Waals surface area contributed by atoms with Gasteiger partial charge in [-0.2, -0.15) is 0 Å². The summed E-state index contributed by atoms with van der Waals surface area (Å²) in [6.45, 7) is 3.35. The van der Waals surface area contributed by atoms with Gasteiger partial charge in [0.15, 0.2) is 5.78 Å². The molecule has 1 aromatic rings. The van der Waals surface area contributed by atoms with Crippen LogP contribution in [-0.2, 0) is 7.05 Å². The molecule has 0 fully saturated rings. The lowest BCUT2D eigenvalue weighted by Gasteiger charge is -2.18. The van der Waals surface area contributed by atoms with Crippen LogP contribution in [0.1, 0.15) is 34.7 Å². The number of hydrogen-bond acceptors (Lipinski definition) is 3. The minimum Gasteiger partial charge on any atom is -0.392 e. The van der Waals surface area contributed by atoms with Crippen molar-refractivity contribution in [1.29, 1.82) is 0 Å². The molecule has 0 saturated carbocycles. The Morgan fingerprint density at radius 2 is 2.12 bits per heavy atom. The molecule has 1 heterocycles. The second kappa shape index (κ2) is 5.14. The molecule has 0 bridgehead atoms. The molecule has 0 radical (unpaired) electrons. The van der Waals surface area contributed by atoms with Gasteiger partial charge in [-0.05, 0) is 19.9 Å². The van der Waals surface area contributed by atoms with Crippen LogP contribution in [0.5, 0.6) is 0 Å². The van der Waals surface area contributed by atoms with Gasteiger partial charge in [0.25, 0.3) is 5.91 Å². The maximum absolute atomic E-state index is 12.0. The lowest BCUT2D eigenvalue weighted by Crippen LogP contribution is -2.34. The number of rotatable bonds is 4. The number of aryl methyl sites for hydroxylation is 1. The molecular weight excluding hydrogens is 220 g/mol. The first-order chi connectivity index (χ1) is 7.82. The molecule has 0 aromatic carbocycles. The number of carbonyl (C=O) groups is 2. The molecule has 94 valence electrons. The zero-order valence-electron chi connectivity index (χ0n) is 10.6. The first-order valence-corrected chi connectivity index (χ1v) is 5.43. The maximum atomic E-state index is 12.0. The molecule has 1 rings (SSSR count). The average molecular weight is 238 g/mol. The second-order valence-corrected chi connectivity index (χ2v) is 4.32. The van der Waals surface area contributed by atoms with E-state index >= 15 is 0 Å². The number of ketones is 1. The normalized spacial score (nSPS) is 12.3. The highest BCUT2D eigenvalue weighted by atomic mass is 16.3. The Morgan fingerprint density at radius 3 is 2.53 bits per heavy atom. The number of aromatic nitrogens is 1. The third-order valence-electron chi connectivity index (χ3n) is 2.52. The molecule has 0 saturated heterocycles. The van der Waals surface area contributed by atoms with Gasteiger partial charge in [-0.25, -0.2) is 0 Å². The van der Waals surface area contributed by atoms with Crippen LogP contribution in [-0.4, -0.2) is 46.0 Å². The van der Waals surface area contributed by atoms with E-state index in [1.807, 2.05) is 0 Å². The van der Waals surface area contributed by atoms with Crippen molar-refractivity contribution < 1.29 is 14.7 Å². The maximum Gasteiger partial charge on any atom is 0.270 e. The summed E-state index contributed by atoms with van der Waals surface area (Å²) >= 11 is 0. The summed E-state index contributed by atoms with van der Waals surface area (Å²) in [6, 6.07) is 1.57. The van der Waals surface area contributed by atoms with Crippen LogP contribution in [0.3, 0.4) is 0 Å². The Labute approximate surface area is 101 Å². The number of aliphatic hydroxyl groups is 1. The van der Waals surface area contributed by atoms with Crippen molar-refractivity contribution in [2.45, 2.75) is 20.0 Å². The van der Waals surface area contributed by atoms with Gasteiger partial charge < -0.3 is 14.6 Å². The second-order valence-electron chi connectivity index (χ2n) is 4.32. The Balaban J connectivity index is 2.92. The Kier molecular flexibility index (Phi) is 4.07. The summed E-state index contributed by atoms with van der Waals surface area (Å²) in [5, 5.41) is 9.23. The highest BCUT2D eigenvalue weighted by Gasteiger charge is 2.18. The van der Waals surface area contributed by atoms with E-state index in [0.717, 1.165) is 0 Å². The van der Waals surface area contributed by atoms with Gasteiger partial charge in [-0.1, -0.05) is 0 Å². The number of aliphatic hydroxyl groups excluding tert-OH is 1. The first kappa shape index (κ1) is 13.4. The molecule has 5 heteroatoms. The molecule has 1 unspecified atom stereocenters. The summed E-state index contributed by atoms with van der Waals surface area (Å²) in [5.74, 6) is -0.279. The van der Waals surface area contributed by atoms with Crippen molar-refractivity contribution in [3.63, 3.8) is 0 Å². The van der Waals surface area contributed by atoms with Crippen LogP contribution >= 0.6 is 0 Å². The zero-order chi connectivity index (χ0) is 13.2. The molecule has 1 aromatic heterocycles. The van der Waals surface area contributed by atoms with Gasteiger partial charge in [0.1, 0.15) is 5.69 Å². The molecule has 0 aliphatic carbocycles. The van der Waals surface area contributed by atoms with Crippen molar-refractivity contribution in [1.82, 2.24) is 9.47 Å². The lowest BCUT2D eigenvalue weighted by molar-refractivity contribution is 0.0694. The van der Waals surface area contributed by atoms with Gasteiger partial charge in [0.2, 0.25) is 0 Å². The molecule has 0 spiro atoms. The van der Waals surface area contributed by atoms with Crippen LogP contribution in [0, 0.1) is 0 Å². The number of Topliss-reactive ketones (excluding diaryl/α,β-unsaturated/α-hetero) is 1. The van der Waals surface area contributed by atoms with E-state index in [2.05, 4.69) is 0 Å². The Hall–Kier alpha value is -1.62. The van der Waals surface area contributed by atoms with Crippen molar-refractivity contribution >= 4 is 11.7 Å². The van der Waals surface area contributed by atoms with E-state index in [1.54, 1.807) is 37.8 Å². The van der Waals surface area contributed by atoms with E-state index in [4.69, 9.17) is 0 Å². The summed E-state index contributed by atoms with van der Waals surface area (Å²) in [6.07, 6.45) is 1.06. The number of nitrogens with zero attached hydrogens (tertiary/aromatic N) is 2. The van der Waals surface area contributed by atoms with E-state index in [0.29, 0.717) is 11.3 Å². The molecule has 1 N–H and O–H groups in total. The van der Waals surface area contributed by atoms with Crippen molar-refractivity contribution in [2.24, 2.45) is 7.05 Å². The number of likely N-dealkylation sites (N-methyl/N-ethyl adjacent to an activating group) is 1. The molecule has 1 atom stereocenters. The van der Waals surface area contributed by atoms with Crippen LogP contribution in [0.15, 0.2) is 12.3 Å². The molecule has 1 amide bonds. The standard InChI is InChI=1S/C12H18N2O3/c1-8(15)6-14(4)12(17)11-5-10(9(2)16)7-13(11)3/h5,7-8,15H,6H2,1-4H3. The van der Waals surface area contributed by atoms with E-state index in [9.17, 15) is 14.7 Å². The van der Waals surface area contributed by atoms with Gasteiger partial charge in [0.05, 0.1) is 6.10 Å². The van der Waals surface area contributed by atoms with Crippen molar-refractivity contribution in [3.05, 3.63) is 23.5 Å². The fourth-order valence-corrected chi connectivity index (χ4v) is 1.64. The first-order valence-electron chi connectivity index (χ1n) is 5.43. The van der Waals surface area contributed by atoms with E-state index in [1.165, 1.54) is 11.8 Å². The van der Waals surface area contributed by atoms with E-state index in [-0.39, 0.29) is 18.2 Å². The van der Waals surface area contributed by atoms with Crippen LogP contribution < -0.4 is 0 Å². The topological polar surface area (TPSA) is 62.5 Å². The van der Waals surface area contributed by atoms with Crippen LogP contribution in [0.25, 0.3) is 0 Å². The zero-order valence-corrected chi connectivity index (χ0v) is 10.6. The van der Waals surface area contributed by atoms with E-state index < -0.39 is 6.10 Å². The molecule has 17 heavy (non-hydrogen) atoms. The predicted molar refractivity (Wildman–Crippen MR) is 64.1 cm³/mol. The van der Waals surface area contributed by atoms with Gasteiger partial charge in [0, 0.05) is 32.4 Å². The van der Waals surface area contributed by atoms with Crippen LogP contribution in [0.4, 0.5) is 0 Å². The van der Waals surface area contributed by atoms with Gasteiger partial charge in [-0.3, -0.25) is 9.59 Å². The molecule has 0 aliphatic rings. The molecule has 5 nitrogen and oxygen atoms in total. The highest BCUT2D eigenvalue weighted by Crippen LogP contribution is 2.10. The molecule has 0 aliphatic heterocycles. The predicted octanol–water partition coefficient (Wildman–Crippen LogP) is 0.680. The Bertz CT molecular complexity index is 435. The largest absolute Gasteiger partial charge is 0.392 e. The third kappa shape index (κ3) is 3.17. The summed E-state index contributed by atoms with van der Waals surface area (Å²) in [5.41, 5.74) is 0.958. The Morgan fingerprint density at radius 1 is 1.53 bits per heavy atom. The van der Waals surface area contributed by atoms with Gasteiger partial charge in [-0.15, -0.1) is 0 Å².